The highest BCUT2D eigenvalue weighted by atomic mass is 32.2. The van der Waals surface area contributed by atoms with Gasteiger partial charge in [-0.3, -0.25) is 4.79 Å². The number of nitrogens with zero attached hydrogens (tertiary/aromatic N) is 4. The quantitative estimate of drug-likeness (QED) is 0.627. The van der Waals surface area contributed by atoms with Crippen LogP contribution in [0, 0.1) is 6.92 Å². The second-order valence-electron chi connectivity index (χ2n) is 7.31. The van der Waals surface area contributed by atoms with Gasteiger partial charge in [0.1, 0.15) is 5.82 Å². The summed E-state index contributed by atoms with van der Waals surface area (Å²) in [6, 6.07) is 16.1. The highest BCUT2D eigenvalue weighted by molar-refractivity contribution is 7.99. The smallest absolute Gasteiger partial charge is 0.237 e. The second kappa shape index (κ2) is 8.71. The van der Waals surface area contributed by atoms with Crippen LogP contribution in [-0.4, -0.2) is 32.7 Å². The molecular formula is C22H24N6OS. The van der Waals surface area contributed by atoms with Crippen molar-refractivity contribution in [1.29, 1.82) is 0 Å². The average Bonchev–Trinajstić information content (AvgIpc) is 3.05. The Labute approximate surface area is 180 Å². The number of nitrogen functional groups attached to an aromatic ring is 1. The number of hydrogen-bond acceptors (Lipinski definition) is 7. The van der Waals surface area contributed by atoms with Gasteiger partial charge in [-0.05, 0) is 43.5 Å². The van der Waals surface area contributed by atoms with Crippen LogP contribution in [0.15, 0.2) is 48.5 Å². The highest BCUT2D eigenvalue weighted by Gasteiger charge is 2.30. The summed E-state index contributed by atoms with van der Waals surface area (Å²) in [6.45, 7) is 4.09. The van der Waals surface area contributed by atoms with Crippen LogP contribution in [0.4, 0.5) is 23.3 Å². The van der Waals surface area contributed by atoms with Gasteiger partial charge in [0.15, 0.2) is 0 Å². The van der Waals surface area contributed by atoms with Crippen molar-refractivity contribution >= 4 is 40.9 Å². The Hall–Kier alpha value is -3.13. The number of carbonyl (C=O) groups is 1. The monoisotopic (exact) mass is 420 g/mol. The number of para-hydroxylation sites is 2. The van der Waals surface area contributed by atoms with Crippen molar-refractivity contribution in [1.82, 2.24) is 15.0 Å². The fourth-order valence-corrected chi connectivity index (χ4v) is 4.36. The van der Waals surface area contributed by atoms with Gasteiger partial charge >= 0.3 is 0 Å². The van der Waals surface area contributed by atoms with E-state index in [0.29, 0.717) is 23.3 Å². The van der Waals surface area contributed by atoms with E-state index in [4.69, 9.17) is 5.73 Å². The topological polar surface area (TPSA) is 97.0 Å². The van der Waals surface area contributed by atoms with Crippen LogP contribution in [-0.2, 0) is 17.0 Å². The van der Waals surface area contributed by atoms with Crippen molar-refractivity contribution in [2.45, 2.75) is 32.1 Å². The predicted molar refractivity (Wildman–Crippen MR) is 122 cm³/mol. The number of nitrogens with two attached hydrogens (primary N) is 1. The van der Waals surface area contributed by atoms with Crippen LogP contribution in [0.3, 0.4) is 0 Å². The zero-order chi connectivity index (χ0) is 21.1. The number of anilines is 4. The van der Waals surface area contributed by atoms with Crippen LogP contribution >= 0.6 is 11.8 Å². The highest BCUT2D eigenvalue weighted by Crippen LogP contribution is 2.32. The van der Waals surface area contributed by atoms with Crippen molar-refractivity contribution in [2.75, 3.05) is 21.7 Å². The van der Waals surface area contributed by atoms with Gasteiger partial charge in [0.25, 0.3) is 0 Å². The summed E-state index contributed by atoms with van der Waals surface area (Å²) in [5, 5.41) is 3.19. The van der Waals surface area contributed by atoms with Gasteiger partial charge in [0, 0.05) is 17.4 Å². The fourth-order valence-electron chi connectivity index (χ4n) is 3.64. The lowest BCUT2D eigenvalue weighted by atomic mass is 10.1. The van der Waals surface area contributed by atoms with Crippen LogP contribution in [0.2, 0.25) is 0 Å². The van der Waals surface area contributed by atoms with E-state index in [-0.39, 0.29) is 17.9 Å². The van der Waals surface area contributed by atoms with Crippen LogP contribution in [0.25, 0.3) is 0 Å². The predicted octanol–water partition coefficient (Wildman–Crippen LogP) is 3.72. The lowest BCUT2D eigenvalue weighted by Crippen LogP contribution is -2.37. The maximum Gasteiger partial charge on any atom is 0.237 e. The van der Waals surface area contributed by atoms with Gasteiger partial charge in [-0.2, -0.15) is 15.0 Å². The summed E-state index contributed by atoms with van der Waals surface area (Å²) in [7, 11) is 0. The molecule has 30 heavy (non-hydrogen) atoms. The number of hydrogen-bond donors (Lipinski definition) is 2. The first-order valence-corrected chi connectivity index (χ1v) is 11.0. The molecule has 1 amide bonds. The average molecular weight is 421 g/mol. The van der Waals surface area contributed by atoms with E-state index >= 15 is 0 Å². The van der Waals surface area contributed by atoms with Crippen molar-refractivity contribution in [2.24, 2.45) is 0 Å². The molecule has 3 aromatic rings. The Morgan fingerprint density at radius 1 is 1.17 bits per heavy atom. The molecule has 154 valence electrons. The van der Waals surface area contributed by atoms with E-state index in [0.717, 1.165) is 23.4 Å². The third kappa shape index (κ3) is 4.38. The number of amides is 1. The molecule has 1 aromatic heterocycles. The molecular weight excluding hydrogens is 396 g/mol. The molecule has 0 fully saturated rings. The molecule has 8 heteroatoms. The molecule has 1 aliphatic rings. The fraction of sp³-hybridized carbons (Fsp3) is 0.273. The first kappa shape index (κ1) is 20.2. The summed E-state index contributed by atoms with van der Waals surface area (Å²) in [5.41, 5.74) is 10.1. The van der Waals surface area contributed by atoms with Crippen LogP contribution < -0.4 is 16.0 Å². The van der Waals surface area contributed by atoms with Crippen molar-refractivity contribution < 1.29 is 4.79 Å². The Balaban J connectivity index is 1.39. The van der Waals surface area contributed by atoms with Gasteiger partial charge < -0.3 is 16.0 Å². The Morgan fingerprint density at radius 3 is 2.77 bits per heavy atom. The number of aryl methyl sites for hydroxylation is 1. The second-order valence-corrected chi connectivity index (χ2v) is 8.30. The summed E-state index contributed by atoms with van der Waals surface area (Å²) in [6.07, 6.45) is 0.893. The third-order valence-corrected chi connectivity index (χ3v) is 5.94. The molecule has 2 heterocycles. The largest absolute Gasteiger partial charge is 0.368 e. The van der Waals surface area contributed by atoms with Gasteiger partial charge in [-0.1, -0.05) is 36.4 Å². The number of rotatable bonds is 6. The van der Waals surface area contributed by atoms with Gasteiger partial charge in [-0.15, -0.1) is 11.8 Å². The minimum atomic E-state index is 0.0951. The number of benzene rings is 2. The molecule has 0 aliphatic carbocycles. The maximum absolute atomic E-state index is 12.8. The molecule has 7 nitrogen and oxygen atoms in total. The third-order valence-electron chi connectivity index (χ3n) is 5.02. The maximum atomic E-state index is 12.8. The number of thioether (sulfide) groups is 1. The zero-order valence-corrected chi connectivity index (χ0v) is 17.8. The molecule has 0 saturated heterocycles. The van der Waals surface area contributed by atoms with Crippen molar-refractivity contribution in [3.8, 4) is 0 Å². The zero-order valence-electron chi connectivity index (χ0n) is 17.0. The molecule has 3 N–H and O–H groups in total. The Bertz CT molecular complexity index is 1070. The molecule has 2 aromatic carbocycles. The van der Waals surface area contributed by atoms with Crippen molar-refractivity contribution in [3.05, 3.63) is 65.5 Å². The lowest BCUT2D eigenvalue weighted by molar-refractivity contribution is -0.116. The van der Waals surface area contributed by atoms with E-state index in [2.05, 4.69) is 33.3 Å². The minimum Gasteiger partial charge on any atom is -0.368 e. The van der Waals surface area contributed by atoms with Crippen LogP contribution in [0.1, 0.15) is 23.9 Å². The van der Waals surface area contributed by atoms with Crippen LogP contribution in [0.5, 0.6) is 0 Å². The SMILES string of the molecule is Cc1ccccc1Nc1nc(N)nc(CSCC(=O)N2c3ccccc3C[C@H]2C)n1. The lowest BCUT2D eigenvalue weighted by Gasteiger charge is -2.22. The first-order valence-electron chi connectivity index (χ1n) is 9.82. The molecule has 1 atom stereocenters. The molecule has 0 saturated carbocycles. The number of fused-ring (bicyclic) bond motifs is 1. The van der Waals surface area contributed by atoms with Gasteiger partial charge in [0.05, 0.1) is 11.5 Å². The summed E-state index contributed by atoms with van der Waals surface area (Å²) in [4.78, 5) is 27.6. The number of aromatic nitrogens is 3. The van der Waals surface area contributed by atoms with Gasteiger partial charge in [-0.25, -0.2) is 0 Å². The Morgan fingerprint density at radius 2 is 1.93 bits per heavy atom. The van der Waals surface area contributed by atoms with Crippen molar-refractivity contribution in [3.63, 3.8) is 0 Å². The van der Waals surface area contributed by atoms with E-state index in [1.807, 2.05) is 54.3 Å². The molecule has 0 radical (unpaired) electrons. The summed E-state index contributed by atoms with van der Waals surface area (Å²) in [5.74, 6) is 2.03. The summed E-state index contributed by atoms with van der Waals surface area (Å²) >= 11 is 1.48. The normalized spacial score (nSPS) is 15.1. The van der Waals surface area contributed by atoms with E-state index < -0.39 is 0 Å². The molecule has 0 spiro atoms. The van der Waals surface area contributed by atoms with E-state index in [1.54, 1.807) is 0 Å². The summed E-state index contributed by atoms with van der Waals surface area (Å²) < 4.78 is 0. The van der Waals surface area contributed by atoms with E-state index in [9.17, 15) is 4.79 Å². The standard InChI is InChI=1S/C22H24N6OS/c1-14-7-3-5-9-17(14)24-22-26-19(25-21(23)27-22)12-30-13-20(29)28-15(2)11-16-8-4-6-10-18(16)28/h3-10,15H,11-13H2,1-2H3,(H3,23,24,25,26,27)/t15-/m1/s1. The first-order chi connectivity index (χ1) is 14.5. The molecule has 1 aliphatic heterocycles. The van der Waals surface area contributed by atoms with Gasteiger partial charge in [0.2, 0.25) is 17.8 Å². The number of nitrogens with one attached hydrogen (secondary N) is 1. The molecule has 0 bridgehead atoms. The Kier molecular flexibility index (Phi) is 5.85. The van der Waals surface area contributed by atoms with E-state index in [1.165, 1.54) is 17.3 Å². The minimum absolute atomic E-state index is 0.0951. The molecule has 4 rings (SSSR count). The molecule has 0 unspecified atom stereocenters. The number of carbonyl (C=O) groups excluding carboxylic acids is 1.